The summed E-state index contributed by atoms with van der Waals surface area (Å²) in [5.41, 5.74) is 0.638. The fraction of sp³-hybridized carbons (Fsp3) is 0.200. The highest BCUT2D eigenvalue weighted by Crippen LogP contribution is 2.38. The van der Waals surface area contributed by atoms with Crippen molar-refractivity contribution in [1.29, 1.82) is 0 Å². The van der Waals surface area contributed by atoms with Crippen molar-refractivity contribution < 1.29 is 18.3 Å². The van der Waals surface area contributed by atoms with Crippen molar-refractivity contribution in [3.8, 4) is 11.5 Å². The molecule has 112 valence electrons. The Labute approximate surface area is 134 Å². The van der Waals surface area contributed by atoms with E-state index in [-0.39, 0.29) is 11.3 Å². The molecule has 2 rings (SSSR count). The summed E-state index contributed by atoms with van der Waals surface area (Å²) < 4.78 is 38.2. The van der Waals surface area contributed by atoms with Crippen LogP contribution in [0.25, 0.3) is 0 Å². The van der Waals surface area contributed by atoms with Gasteiger partial charge in [-0.05, 0) is 39.7 Å². The van der Waals surface area contributed by atoms with Gasteiger partial charge in [-0.1, -0.05) is 6.07 Å². The predicted octanol–water partition coefficient (Wildman–Crippen LogP) is 5.07. The molecule has 6 heteroatoms. The van der Waals surface area contributed by atoms with Crippen molar-refractivity contribution in [2.75, 3.05) is 14.2 Å². The molecule has 0 aliphatic heterocycles. The Kier molecular flexibility index (Phi) is 5.06. The van der Waals surface area contributed by atoms with Gasteiger partial charge in [0.2, 0.25) is 0 Å². The van der Waals surface area contributed by atoms with Crippen LogP contribution in [0.5, 0.6) is 11.5 Å². The average Bonchev–Trinajstić information content (AvgIpc) is 2.49. The van der Waals surface area contributed by atoms with Crippen LogP contribution in [0, 0.1) is 11.6 Å². The molecule has 1 unspecified atom stereocenters. The van der Waals surface area contributed by atoms with Gasteiger partial charge in [-0.2, -0.15) is 0 Å². The van der Waals surface area contributed by atoms with Gasteiger partial charge >= 0.3 is 0 Å². The van der Waals surface area contributed by atoms with E-state index in [1.807, 2.05) is 0 Å². The van der Waals surface area contributed by atoms with Crippen molar-refractivity contribution in [3.05, 3.63) is 57.6 Å². The molecule has 0 saturated heterocycles. The van der Waals surface area contributed by atoms with E-state index in [2.05, 4.69) is 15.9 Å². The van der Waals surface area contributed by atoms with E-state index < -0.39 is 17.0 Å². The minimum absolute atomic E-state index is 0.191. The Hall–Kier alpha value is -1.33. The van der Waals surface area contributed by atoms with E-state index in [1.54, 1.807) is 6.07 Å². The van der Waals surface area contributed by atoms with Gasteiger partial charge in [0.15, 0.2) is 11.5 Å². The van der Waals surface area contributed by atoms with Crippen LogP contribution in [0.15, 0.2) is 34.8 Å². The predicted molar refractivity (Wildman–Crippen MR) is 81.3 cm³/mol. The lowest BCUT2D eigenvalue weighted by atomic mass is 10.0. The van der Waals surface area contributed by atoms with Crippen LogP contribution in [-0.4, -0.2) is 14.2 Å². The number of hydrogen-bond donors (Lipinski definition) is 0. The van der Waals surface area contributed by atoms with Crippen LogP contribution in [0.4, 0.5) is 8.78 Å². The molecule has 2 aromatic carbocycles. The quantitative estimate of drug-likeness (QED) is 0.692. The highest BCUT2D eigenvalue weighted by atomic mass is 79.9. The van der Waals surface area contributed by atoms with E-state index in [0.717, 1.165) is 0 Å². The molecule has 0 heterocycles. The Bertz CT molecular complexity index is 664. The van der Waals surface area contributed by atoms with Gasteiger partial charge in [-0.15, -0.1) is 11.6 Å². The maximum Gasteiger partial charge on any atom is 0.163 e. The first-order chi connectivity index (χ1) is 9.97. The van der Waals surface area contributed by atoms with Gasteiger partial charge in [0, 0.05) is 11.6 Å². The number of ether oxygens (including phenoxy) is 2. The number of hydrogen-bond acceptors (Lipinski definition) is 2. The van der Waals surface area contributed by atoms with Crippen LogP contribution in [0.1, 0.15) is 16.5 Å². The molecule has 0 aliphatic carbocycles. The molecule has 0 aromatic heterocycles. The first-order valence-electron chi connectivity index (χ1n) is 5.98. The number of halogens is 4. The molecule has 2 aromatic rings. The molecule has 0 N–H and O–H groups in total. The third kappa shape index (κ3) is 3.30. The van der Waals surface area contributed by atoms with Gasteiger partial charge in [-0.25, -0.2) is 8.78 Å². The molecule has 0 saturated carbocycles. The zero-order valence-electron chi connectivity index (χ0n) is 11.3. The molecule has 0 radical (unpaired) electrons. The minimum atomic E-state index is -0.840. The molecule has 1 atom stereocenters. The largest absolute Gasteiger partial charge is 0.493 e. The lowest BCUT2D eigenvalue weighted by Gasteiger charge is -2.15. The summed E-state index contributed by atoms with van der Waals surface area (Å²) in [4.78, 5) is 0. The summed E-state index contributed by atoms with van der Waals surface area (Å²) in [5.74, 6) is -0.378. The number of alkyl halides is 1. The van der Waals surface area contributed by atoms with Crippen LogP contribution >= 0.6 is 27.5 Å². The maximum absolute atomic E-state index is 14.1. The second kappa shape index (κ2) is 6.62. The SMILES string of the molecule is COc1cc(F)c(C(Cl)c2ccc(Br)c(F)c2)cc1OC. The first-order valence-corrected chi connectivity index (χ1v) is 7.21. The van der Waals surface area contributed by atoms with Crippen molar-refractivity contribution in [1.82, 2.24) is 0 Å². The van der Waals surface area contributed by atoms with Crippen LogP contribution in [0.2, 0.25) is 0 Å². The van der Waals surface area contributed by atoms with Crippen molar-refractivity contribution >= 4 is 27.5 Å². The van der Waals surface area contributed by atoms with Crippen molar-refractivity contribution in [2.24, 2.45) is 0 Å². The summed E-state index contributed by atoms with van der Waals surface area (Å²) in [5, 5.41) is -0.840. The molecule has 0 amide bonds. The second-order valence-corrected chi connectivity index (χ2v) is 5.56. The molecular weight excluding hydrogens is 366 g/mol. The fourth-order valence-corrected chi connectivity index (χ4v) is 2.46. The lowest BCUT2D eigenvalue weighted by Crippen LogP contribution is -2.01. The molecule has 0 spiro atoms. The van der Waals surface area contributed by atoms with Crippen LogP contribution < -0.4 is 9.47 Å². The third-order valence-electron chi connectivity index (χ3n) is 3.01. The normalized spacial score (nSPS) is 12.1. The van der Waals surface area contributed by atoms with E-state index in [9.17, 15) is 8.78 Å². The molecule has 2 nitrogen and oxygen atoms in total. The van der Waals surface area contributed by atoms with Crippen molar-refractivity contribution in [3.63, 3.8) is 0 Å². The second-order valence-electron chi connectivity index (χ2n) is 4.26. The van der Waals surface area contributed by atoms with Gasteiger partial charge in [0.25, 0.3) is 0 Å². The Morgan fingerprint density at radius 1 is 1.00 bits per heavy atom. The Morgan fingerprint density at radius 3 is 2.19 bits per heavy atom. The molecule has 0 aliphatic rings. The molecule has 0 fully saturated rings. The van der Waals surface area contributed by atoms with E-state index in [4.69, 9.17) is 21.1 Å². The van der Waals surface area contributed by atoms with Crippen molar-refractivity contribution in [2.45, 2.75) is 5.38 Å². The van der Waals surface area contributed by atoms with Gasteiger partial charge < -0.3 is 9.47 Å². The summed E-state index contributed by atoms with van der Waals surface area (Å²) >= 11 is 9.33. The molecular formula is C15H12BrClF2O2. The first kappa shape index (κ1) is 16.0. The highest BCUT2D eigenvalue weighted by Gasteiger charge is 2.20. The van der Waals surface area contributed by atoms with Gasteiger partial charge in [0.1, 0.15) is 11.6 Å². The van der Waals surface area contributed by atoms with Gasteiger partial charge in [-0.3, -0.25) is 0 Å². The molecule has 0 bridgehead atoms. The summed E-state index contributed by atoms with van der Waals surface area (Å²) in [7, 11) is 2.86. The number of rotatable bonds is 4. The standard InChI is InChI=1S/C15H12BrClF2O2/c1-20-13-6-9(11(18)7-14(13)21-2)15(17)8-3-4-10(16)12(19)5-8/h3-7,15H,1-2H3. The number of methoxy groups -OCH3 is 2. The lowest BCUT2D eigenvalue weighted by molar-refractivity contribution is 0.351. The van der Waals surface area contributed by atoms with Gasteiger partial charge in [0.05, 0.1) is 24.1 Å². The van der Waals surface area contributed by atoms with Crippen LogP contribution in [-0.2, 0) is 0 Å². The molecule has 21 heavy (non-hydrogen) atoms. The van der Waals surface area contributed by atoms with E-state index in [0.29, 0.717) is 15.8 Å². The Morgan fingerprint density at radius 2 is 1.62 bits per heavy atom. The minimum Gasteiger partial charge on any atom is -0.493 e. The summed E-state index contributed by atoms with van der Waals surface area (Å²) in [6.07, 6.45) is 0. The maximum atomic E-state index is 14.1. The number of benzene rings is 2. The Balaban J connectivity index is 2.47. The van der Waals surface area contributed by atoms with E-state index >= 15 is 0 Å². The van der Waals surface area contributed by atoms with Crippen LogP contribution in [0.3, 0.4) is 0 Å². The highest BCUT2D eigenvalue weighted by molar-refractivity contribution is 9.10. The smallest absolute Gasteiger partial charge is 0.163 e. The van der Waals surface area contributed by atoms with E-state index in [1.165, 1.54) is 38.5 Å². The summed E-state index contributed by atoms with van der Waals surface area (Å²) in [6.45, 7) is 0. The average molecular weight is 378 g/mol. The zero-order chi connectivity index (χ0) is 15.6. The fourth-order valence-electron chi connectivity index (χ4n) is 1.91. The third-order valence-corrected chi connectivity index (χ3v) is 4.14. The monoisotopic (exact) mass is 376 g/mol. The summed E-state index contributed by atoms with van der Waals surface area (Å²) in [6, 6.07) is 7.06. The topological polar surface area (TPSA) is 18.5 Å². The zero-order valence-corrected chi connectivity index (χ0v) is 13.6.